The van der Waals surface area contributed by atoms with Gasteiger partial charge < -0.3 is 20.1 Å². The Bertz CT molecular complexity index is 597. The van der Waals surface area contributed by atoms with E-state index < -0.39 is 5.60 Å². The van der Waals surface area contributed by atoms with Crippen LogP contribution in [0.3, 0.4) is 0 Å². The van der Waals surface area contributed by atoms with Gasteiger partial charge in [0.05, 0.1) is 29.4 Å². The van der Waals surface area contributed by atoms with Gasteiger partial charge in [-0.15, -0.1) is 0 Å². The standard InChI is InChI=1S/C14H21N3O2/c1-14(2,18)6-5-13-16-10-8-12(19-4)9(15)7-11(10)17(13)3/h7-8,18H,5-6,15H2,1-4H3. The van der Waals surface area contributed by atoms with Crippen LogP contribution in [0.1, 0.15) is 26.1 Å². The number of aryl methyl sites for hydroxylation is 2. The molecular formula is C14H21N3O2. The number of rotatable bonds is 4. The number of anilines is 1. The molecule has 0 aliphatic rings. The van der Waals surface area contributed by atoms with E-state index in [9.17, 15) is 5.11 Å². The average molecular weight is 263 g/mol. The number of aromatic nitrogens is 2. The van der Waals surface area contributed by atoms with E-state index in [0.29, 0.717) is 17.9 Å². The van der Waals surface area contributed by atoms with Crippen LogP contribution in [0.15, 0.2) is 12.1 Å². The zero-order valence-corrected chi connectivity index (χ0v) is 11.9. The summed E-state index contributed by atoms with van der Waals surface area (Å²) < 4.78 is 7.21. The van der Waals surface area contributed by atoms with Gasteiger partial charge in [0.25, 0.3) is 0 Å². The number of benzene rings is 1. The van der Waals surface area contributed by atoms with Crippen molar-refractivity contribution in [3.63, 3.8) is 0 Å². The van der Waals surface area contributed by atoms with Crippen molar-refractivity contribution >= 4 is 16.7 Å². The second-order valence-corrected chi connectivity index (χ2v) is 5.48. The Kier molecular flexibility index (Phi) is 3.41. The number of methoxy groups -OCH3 is 1. The topological polar surface area (TPSA) is 73.3 Å². The Labute approximate surface area is 113 Å². The minimum Gasteiger partial charge on any atom is -0.495 e. The molecule has 3 N–H and O–H groups in total. The number of nitrogen functional groups attached to an aromatic ring is 1. The number of aliphatic hydroxyl groups is 1. The number of ether oxygens (including phenoxy) is 1. The van der Waals surface area contributed by atoms with Gasteiger partial charge in [0.2, 0.25) is 0 Å². The van der Waals surface area contributed by atoms with Crippen LogP contribution in [0.5, 0.6) is 5.75 Å². The van der Waals surface area contributed by atoms with Gasteiger partial charge in [-0.05, 0) is 26.3 Å². The monoisotopic (exact) mass is 263 g/mol. The van der Waals surface area contributed by atoms with Gasteiger partial charge in [-0.3, -0.25) is 0 Å². The zero-order chi connectivity index (χ0) is 14.2. The van der Waals surface area contributed by atoms with Crippen LogP contribution in [0.25, 0.3) is 11.0 Å². The third kappa shape index (κ3) is 2.81. The molecule has 5 heteroatoms. The fraction of sp³-hybridized carbons (Fsp3) is 0.500. The van der Waals surface area contributed by atoms with E-state index in [2.05, 4.69) is 4.98 Å². The quantitative estimate of drug-likeness (QED) is 0.826. The lowest BCUT2D eigenvalue weighted by molar-refractivity contribution is 0.0707. The smallest absolute Gasteiger partial charge is 0.144 e. The molecule has 5 nitrogen and oxygen atoms in total. The van der Waals surface area contributed by atoms with Crippen LogP contribution in [-0.2, 0) is 13.5 Å². The van der Waals surface area contributed by atoms with Crippen molar-refractivity contribution < 1.29 is 9.84 Å². The number of fused-ring (bicyclic) bond motifs is 1. The third-order valence-corrected chi connectivity index (χ3v) is 3.29. The van der Waals surface area contributed by atoms with Gasteiger partial charge in [0.1, 0.15) is 11.6 Å². The van der Waals surface area contributed by atoms with Crippen LogP contribution < -0.4 is 10.5 Å². The predicted molar refractivity (Wildman–Crippen MR) is 76.3 cm³/mol. The van der Waals surface area contributed by atoms with Gasteiger partial charge in [-0.25, -0.2) is 4.98 Å². The first kappa shape index (κ1) is 13.7. The maximum absolute atomic E-state index is 9.79. The summed E-state index contributed by atoms with van der Waals surface area (Å²) in [5.74, 6) is 1.57. The fourth-order valence-electron chi connectivity index (χ4n) is 2.10. The number of imidazole rings is 1. The van der Waals surface area contributed by atoms with Crippen LogP contribution in [0, 0.1) is 0 Å². The van der Waals surface area contributed by atoms with Crippen molar-refractivity contribution in [1.29, 1.82) is 0 Å². The highest BCUT2D eigenvalue weighted by Gasteiger charge is 2.16. The van der Waals surface area contributed by atoms with E-state index in [4.69, 9.17) is 10.5 Å². The Morgan fingerprint density at radius 3 is 2.68 bits per heavy atom. The predicted octanol–water partition coefficient (Wildman–Crippen LogP) is 1.87. The lowest BCUT2D eigenvalue weighted by Gasteiger charge is -2.16. The number of hydrogen-bond donors (Lipinski definition) is 2. The Balaban J connectivity index is 2.39. The molecule has 1 heterocycles. The molecule has 104 valence electrons. The van der Waals surface area contributed by atoms with E-state index in [1.807, 2.05) is 23.7 Å². The zero-order valence-electron chi connectivity index (χ0n) is 11.9. The summed E-state index contributed by atoms with van der Waals surface area (Å²) in [4.78, 5) is 4.58. The average Bonchev–Trinajstić information content (AvgIpc) is 2.62. The first-order valence-electron chi connectivity index (χ1n) is 6.33. The lowest BCUT2D eigenvalue weighted by Crippen LogP contribution is -2.20. The molecule has 0 bridgehead atoms. The van der Waals surface area contributed by atoms with Crippen LogP contribution >= 0.6 is 0 Å². The first-order chi connectivity index (χ1) is 8.81. The van der Waals surface area contributed by atoms with E-state index in [-0.39, 0.29) is 0 Å². The van der Waals surface area contributed by atoms with Crippen molar-refractivity contribution in [3.8, 4) is 5.75 Å². The minimum atomic E-state index is -0.686. The Hall–Kier alpha value is -1.75. The Morgan fingerprint density at radius 2 is 2.11 bits per heavy atom. The van der Waals surface area contributed by atoms with Crippen LogP contribution in [0.2, 0.25) is 0 Å². The van der Waals surface area contributed by atoms with E-state index in [1.54, 1.807) is 21.0 Å². The molecule has 0 radical (unpaired) electrons. The van der Waals surface area contributed by atoms with Gasteiger partial charge in [0, 0.05) is 19.5 Å². The van der Waals surface area contributed by atoms with Gasteiger partial charge in [0.15, 0.2) is 0 Å². The molecule has 1 aromatic heterocycles. The normalized spacial score (nSPS) is 12.1. The van der Waals surface area contributed by atoms with Crippen molar-refractivity contribution in [2.24, 2.45) is 7.05 Å². The molecule has 0 unspecified atom stereocenters. The highest BCUT2D eigenvalue weighted by atomic mass is 16.5. The summed E-state index contributed by atoms with van der Waals surface area (Å²) in [6, 6.07) is 3.72. The van der Waals surface area contributed by atoms with Crippen molar-refractivity contribution in [3.05, 3.63) is 18.0 Å². The maximum atomic E-state index is 9.79. The summed E-state index contributed by atoms with van der Waals surface area (Å²) in [6.07, 6.45) is 1.38. The van der Waals surface area contributed by atoms with Gasteiger partial charge in [-0.2, -0.15) is 0 Å². The molecule has 0 amide bonds. The molecule has 0 saturated carbocycles. The summed E-state index contributed by atoms with van der Waals surface area (Å²) >= 11 is 0. The van der Waals surface area contributed by atoms with E-state index in [0.717, 1.165) is 23.3 Å². The third-order valence-electron chi connectivity index (χ3n) is 3.29. The molecule has 19 heavy (non-hydrogen) atoms. The SMILES string of the molecule is COc1cc2nc(CCC(C)(C)O)n(C)c2cc1N. The lowest BCUT2D eigenvalue weighted by atomic mass is 10.0. The molecule has 0 atom stereocenters. The number of hydrogen-bond acceptors (Lipinski definition) is 4. The molecule has 2 aromatic rings. The van der Waals surface area contributed by atoms with Gasteiger partial charge in [-0.1, -0.05) is 0 Å². The highest BCUT2D eigenvalue weighted by Crippen LogP contribution is 2.28. The molecular weight excluding hydrogens is 242 g/mol. The van der Waals surface area contributed by atoms with E-state index >= 15 is 0 Å². The maximum Gasteiger partial charge on any atom is 0.144 e. The number of nitrogens with two attached hydrogens (primary N) is 1. The first-order valence-corrected chi connectivity index (χ1v) is 6.33. The summed E-state index contributed by atoms with van der Waals surface area (Å²) in [7, 11) is 3.55. The summed E-state index contributed by atoms with van der Waals surface area (Å²) in [6.45, 7) is 3.60. The van der Waals surface area contributed by atoms with Crippen LogP contribution in [-0.4, -0.2) is 27.4 Å². The largest absolute Gasteiger partial charge is 0.495 e. The molecule has 0 fully saturated rings. The van der Waals surface area contributed by atoms with Crippen molar-refractivity contribution in [2.75, 3.05) is 12.8 Å². The van der Waals surface area contributed by atoms with Gasteiger partial charge >= 0.3 is 0 Å². The summed E-state index contributed by atoms with van der Waals surface area (Å²) in [5, 5.41) is 9.79. The van der Waals surface area contributed by atoms with E-state index in [1.165, 1.54) is 0 Å². The van der Waals surface area contributed by atoms with Crippen LogP contribution in [0.4, 0.5) is 5.69 Å². The molecule has 1 aromatic carbocycles. The molecule has 0 saturated heterocycles. The molecule has 2 rings (SSSR count). The van der Waals surface area contributed by atoms with Crippen molar-refractivity contribution in [2.45, 2.75) is 32.3 Å². The fourth-order valence-corrected chi connectivity index (χ4v) is 2.10. The molecule has 0 spiro atoms. The molecule has 0 aliphatic carbocycles. The molecule has 0 aliphatic heterocycles. The Morgan fingerprint density at radius 1 is 1.42 bits per heavy atom. The second kappa shape index (κ2) is 4.74. The highest BCUT2D eigenvalue weighted by molar-refractivity contribution is 5.83. The summed E-state index contributed by atoms with van der Waals surface area (Å²) in [5.41, 5.74) is 7.67. The number of nitrogens with zero attached hydrogens (tertiary/aromatic N) is 2. The van der Waals surface area contributed by atoms with Crippen molar-refractivity contribution in [1.82, 2.24) is 9.55 Å². The second-order valence-electron chi connectivity index (χ2n) is 5.48. The minimum absolute atomic E-state index is 0.604.